The van der Waals surface area contributed by atoms with Gasteiger partial charge in [0.25, 0.3) is 0 Å². The lowest BCUT2D eigenvalue weighted by molar-refractivity contribution is 0.0230. The SMILES string of the molecule is COc1cccc(C(=O)OC(C)c2nc3ccccc3n2C(F)F)c1O. The fourth-order valence-electron chi connectivity index (χ4n) is 2.68. The van der Waals surface area contributed by atoms with Gasteiger partial charge in [0.05, 0.1) is 18.1 Å². The van der Waals surface area contributed by atoms with Crippen molar-refractivity contribution in [1.82, 2.24) is 9.55 Å². The summed E-state index contributed by atoms with van der Waals surface area (Å²) in [6.45, 7) is -1.40. The molecule has 1 aromatic heterocycles. The number of esters is 1. The summed E-state index contributed by atoms with van der Waals surface area (Å²) in [7, 11) is 1.35. The van der Waals surface area contributed by atoms with E-state index in [1.165, 1.54) is 38.3 Å². The summed E-state index contributed by atoms with van der Waals surface area (Å²) in [5.41, 5.74) is 0.482. The number of methoxy groups -OCH3 is 1. The van der Waals surface area contributed by atoms with Gasteiger partial charge in [0, 0.05) is 0 Å². The molecule has 136 valence electrons. The standard InChI is InChI=1S/C18H16F2N2O4/c1-10(26-17(24)11-6-5-9-14(25-2)15(11)23)16-21-12-7-3-4-8-13(12)22(16)18(19)20/h3-10,18,23H,1-2H3. The Morgan fingerprint density at radius 2 is 1.92 bits per heavy atom. The van der Waals surface area contributed by atoms with E-state index in [9.17, 15) is 18.7 Å². The molecule has 6 nitrogen and oxygen atoms in total. The molecule has 2 aromatic carbocycles. The van der Waals surface area contributed by atoms with E-state index in [0.29, 0.717) is 5.52 Å². The molecule has 0 aliphatic rings. The molecule has 8 heteroatoms. The molecule has 0 radical (unpaired) electrons. The number of imidazole rings is 1. The molecule has 0 saturated heterocycles. The highest BCUT2D eigenvalue weighted by Crippen LogP contribution is 2.32. The molecule has 0 bridgehead atoms. The van der Waals surface area contributed by atoms with Crippen molar-refractivity contribution in [2.75, 3.05) is 7.11 Å². The zero-order valence-corrected chi connectivity index (χ0v) is 14.0. The van der Waals surface area contributed by atoms with Crippen molar-refractivity contribution >= 4 is 17.0 Å². The van der Waals surface area contributed by atoms with Gasteiger partial charge in [-0.3, -0.25) is 4.57 Å². The van der Waals surface area contributed by atoms with E-state index in [4.69, 9.17) is 9.47 Å². The van der Waals surface area contributed by atoms with Crippen LogP contribution in [0.25, 0.3) is 11.0 Å². The molecule has 0 spiro atoms. The molecule has 0 saturated carbocycles. The number of phenols is 1. The number of hydrogen-bond donors (Lipinski definition) is 1. The van der Waals surface area contributed by atoms with Crippen molar-refractivity contribution in [3.8, 4) is 11.5 Å². The first-order valence-electron chi connectivity index (χ1n) is 7.76. The highest BCUT2D eigenvalue weighted by atomic mass is 19.3. The molecule has 3 rings (SSSR count). The number of para-hydroxylation sites is 3. The third-order valence-corrected chi connectivity index (χ3v) is 3.90. The van der Waals surface area contributed by atoms with Gasteiger partial charge in [-0.1, -0.05) is 18.2 Å². The number of alkyl halides is 2. The quantitative estimate of drug-likeness (QED) is 0.693. The molecule has 0 amide bonds. The lowest BCUT2D eigenvalue weighted by Crippen LogP contribution is -2.15. The van der Waals surface area contributed by atoms with Crippen molar-refractivity contribution < 1.29 is 28.2 Å². The van der Waals surface area contributed by atoms with Crippen molar-refractivity contribution in [2.24, 2.45) is 0 Å². The van der Waals surface area contributed by atoms with E-state index in [1.807, 2.05) is 0 Å². The van der Waals surface area contributed by atoms with E-state index >= 15 is 0 Å². The van der Waals surface area contributed by atoms with Crippen LogP contribution in [0, 0.1) is 0 Å². The van der Waals surface area contributed by atoms with E-state index in [2.05, 4.69) is 4.98 Å². The number of rotatable bonds is 5. The monoisotopic (exact) mass is 362 g/mol. The van der Waals surface area contributed by atoms with Crippen LogP contribution in [0.4, 0.5) is 8.78 Å². The molecule has 0 aliphatic heterocycles. The first-order chi connectivity index (χ1) is 12.4. The number of hydrogen-bond acceptors (Lipinski definition) is 5. The Morgan fingerprint density at radius 3 is 2.62 bits per heavy atom. The first-order valence-corrected chi connectivity index (χ1v) is 7.76. The second-order valence-corrected chi connectivity index (χ2v) is 5.51. The molecule has 1 N–H and O–H groups in total. The van der Waals surface area contributed by atoms with Gasteiger partial charge in [-0.2, -0.15) is 8.78 Å². The van der Waals surface area contributed by atoms with E-state index < -0.39 is 18.6 Å². The number of phenolic OH excluding ortho intramolecular Hbond substituents is 1. The number of benzene rings is 2. The van der Waals surface area contributed by atoms with Gasteiger partial charge < -0.3 is 14.6 Å². The Hall–Kier alpha value is -3.16. The summed E-state index contributed by atoms with van der Waals surface area (Å²) in [4.78, 5) is 16.5. The predicted molar refractivity (Wildman–Crippen MR) is 89.5 cm³/mol. The van der Waals surface area contributed by atoms with Gasteiger partial charge in [-0.25, -0.2) is 9.78 Å². The number of ether oxygens (including phenoxy) is 2. The van der Waals surface area contributed by atoms with Crippen molar-refractivity contribution in [2.45, 2.75) is 19.6 Å². The summed E-state index contributed by atoms with van der Waals surface area (Å²) in [5, 5.41) is 10.0. The summed E-state index contributed by atoms with van der Waals surface area (Å²) in [5.74, 6) is -1.24. The van der Waals surface area contributed by atoms with Crippen LogP contribution >= 0.6 is 0 Å². The highest BCUT2D eigenvalue weighted by molar-refractivity contribution is 5.93. The van der Waals surface area contributed by atoms with Crippen LogP contribution in [0.15, 0.2) is 42.5 Å². The Balaban J connectivity index is 1.93. The third kappa shape index (κ3) is 3.05. The predicted octanol–water partition coefficient (Wildman–Crippen LogP) is 4.06. The average molecular weight is 362 g/mol. The maximum absolute atomic E-state index is 13.5. The van der Waals surface area contributed by atoms with Gasteiger partial charge in [0.1, 0.15) is 5.56 Å². The van der Waals surface area contributed by atoms with E-state index in [0.717, 1.165) is 4.57 Å². The fourth-order valence-corrected chi connectivity index (χ4v) is 2.68. The minimum absolute atomic E-state index is 0.0862. The summed E-state index contributed by atoms with van der Waals surface area (Å²) in [6, 6.07) is 10.8. The van der Waals surface area contributed by atoms with Gasteiger partial charge in [-0.05, 0) is 31.2 Å². The molecule has 3 aromatic rings. The topological polar surface area (TPSA) is 73.6 Å². The summed E-state index contributed by atoms with van der Waals surface area (Å²) < 4.78 is 37.9. The van der Waals surface area contributed by atoms with Crippen LogP contribution in [0.1, 0.15) is 35.8 Å². The molecule has 0 aliphatic carbocycles. The average Bonchev–Trinajstić information content (AvgIpc) is 3.01. The lowest BCUT2D eigenvalue weighted by atomic mass is 10.2. The third-order valence-electron chi connectivity index (χ3n) is 3.90. The summed E-state index contributed by atoms with van der Waals surface area (Å²) >= 11 is 0. The largest absolute Gasteiger partial charge is 0.504 e. The first kappa shape index (κ1) is 17.7. The molecular weight excluding hydrogens is 346 g/mol. The van der Waals surface area contributed by atoms with E-state index in [-0.39, 0.29) is 28.4 Å². The molecule has 1 unspecified atom stereocenters. The summed E-state index contributed by atoms with van der Waals surface area (Å²) in [6.07, 6.45) is -1.06. The number of aromatic hydroxyl groups is 1. The Morgan fingerprint density at radius 1 is 1.19 bits per heavy atom. The van der Waals surface area contributed by atoms with Crippen LogP contribution in [0.3, 0.4) is 0 Å². The highest BCUT2D eigenvalue weighted by Gasteiger charge is 2.26. The lowest BCUT2D eigenvalue weighted by Gasteiger charge is -2.16. The van der Waals surface area contributed by atoms with Crippen LogP contribution in [0.5, 0.6) is 11.5 Å². The fraction of sp³-hybridized carbons (Fsp3) is 0.222. The van der Waals surface area contributed by atoms with Gasteiger partial charge >= 0.3 is 12.5 Å². The Labute approximate surface area is 147 Å². The zero-order valence-electron chi connectivity index (χ0n) is 14.0. The zero-order chi connectivity index (χ0) is 18.8. The maximum Gasteiger partial charge on any atom is 0.342 e. The van der Waals surface area contributed by atoms with Gasteiger partial charge in [0.2, 0.25) is 0 Å². The number of carbonyl (C=O) groups is 1. The normalized spacial score (nSPS) is 12.3. The molecule has 0 fully saturated rings. The number of carbonyl (C=O) groups excluding carboxylic acids is 1. The minimum Gasteiger partial charge on any atom is -0.504 e. The maximum atomic E-state index is 13.5. The van der Waals surface area contributed by atoms with Crippen molar-refractivity contribution in [1.29, 1.82) is 0 Å². The van der Waals surface area contributed by atoms with Crippen LogP contribution in [-0.4, -0.2) is 27.7 Å². The molecule has 26 heavy (non-hydrogen) atoms. The van der Waals surface area contributed by atoms with Gasteiger partial charge in [-0.15, -0.1) is 0 Å². The Kier molecular flexibility index (Phi) is 4.75. The minimum atomic E-state index is -2.84. The van der Waals surface area contributed by atoms with Crippen LogP contribution in [0.2, 0.25) is 0 Å². The van der Waals surface area contributed by atoms with Gasteiger partial charge in [0.15, 0.2) is 23.4 Å². The Bertz CT molecular complexity index is 956. The molecular formula is C18H16F2N2O4. The second-order valence-electron chi connectivity index (χ2n) is 5.51. The second kappa shape index (κ2) is 6.99. The van der Waals surface area contributed by atoms with Crippen molar-refractivity contribution in [3.05, 3.63) is 53.9 Å². The van der Waals surface area contributed by atoms with E-state index in [1.54, 1.807) is 18.2 Å². The number of aromatic nitrogens is 2. The van der Waals surface area contributed by atoms with Crippen molar-refractivity contribution in [3.63, 3.8) is 0 Å². The molecule has 1 heterocycles. The molecule has 1 atom stereocenters. The smallest absolute Gasteiger partial charge is 0.342 e. The number of nitrogens with zero attached hydrogens (tertiary/aromatic N) is 2. The van der Waals surface area contributed by atoms with Crippen LogP contribution < -0.4 is 4.74 Å². The number of halogens is 2. The number of fused-ring (bicyclic) bond motifs is 1. The van der Waals surface area contributed by atoms with Crippen LogP contribution in [-0.2, 0) is 4.74 Å².